The molecule has 0 spiro atoms. The van der Waals surface area contributed by atoms with Crippen LogP contribution in [-0.4, -0.2) is 58.4 Å². The fourth-order valence-electron chi connectivity index (χ4n) is 2.01. The van der Waals surface area contributed by atoms with Gasteiger partial charge in [-0.15, -0.1) is 0 Å². The van der Waals surface area contributed by atoms with E-state index in [-0.39, 0.29) is 18.9 Å². The number of hydrogen-bond acceptors (Lipinski definition) is 6. The number of nitrogens with one attached hydrogen (secondary N) is 2. The standard InChI is InChI=1S/C13H20N4O4S/c1-22(19,20)15-5-4-13(18)16-11-2-3-12(14-10-11)17-6-8-21-9-7-17/h2-3,10,15H,4-9H2,1H3,(H,16,18). The van der Waals surface area contributed by atoms with Gasteiger partial charge in [-0.2, -0.15) is 0 Å². The van der Waals surface area contributed by atoms with Gasteiger partial charge in [0.1, 0.15) is 5.82 Å². The van der Waals surface area contributed by atoms with Crippen molar-refractivity contribution in [2.45, 2.75) is 6.42 Å². The highest BCUT2D eigenvalue weighted by atomic mass is 32.2. The monoisotopic (exact) mass is 328 g/mol. The molecule has 1 fully saturated rings. The fraction of sp³-hybridized carbons (Fsp3) is 0.538. The van der Waals surface area contributed by atoms with Gasteiger partial charge >= 0.3 is 0 Å². The highest BCUT2D eigenvalue weighted by Gasteiger charge is 2.12. The van der Waals surface area contributed by atoms with Gasteiger partial charge in [0, 0.05) is 26.1 Å². The highest BCUT2D eigenvalue weighted by Crippen LogP contribution is 2.15. The van der Waals surface area contributed by atoms with Gasteiger partial charge in [0.25, 0.3) is 0 Å². The van der Waals surface area contributed by atoms with Crippen molar-refractivity contribution in [3.05, 3.63) is 18.3 Å². The number of aromatic nitrogens is 1. The molecule has 1 aliphatic rings. The molecule has 1 aromatic heterocycles. The van der Waals surface area contributed by atoms with Crippen LogP contribution >= 0.6 is 0 Å². The normalized spacial score (nSPS) is 15.6. The van der Waals surface area contributed by atoms with E-state index in [1.165, 1.54) is 0 Å². The first-order valence-corrected chi connectivity index (χ1v) is 8.86. The van der Waals surface area contributed by atoms with E-state index < -0.39 is 10.0 Å². The summed E-state index contributed by atoms with van der Waals surface area (Å²) in [6, 6.07) is 3.62. The minimum Gasteiger partial charge on any atom is -0.378 e. The number of carbonyl (C=O) groups is 1. The molecule has 1 saturated heterocycles. The van der Waals surface area contributed by atoms with Crippen molar-refractivity contribution >= 4 is 27.4 Å². The number of morpholine rings is 1. The third kappa shape index (κ3) is 5.58. The molecule has 1 aliphatic heterocycles. The van der Waals surface area contributed by atoms with Crippen LogP contribution in [0.1, 0.15) is 6.42 Å². The lowest BCUT2D eigenvalue weighted by Crippen LogP contribution is -2.36. The lowest BCUT2D eigenvalue weighted by molar-refractivity contribution is -0.116. The molecular weight excluding hydrogens is 308 g/mol. The van der Waals surface area contributed by atoms with Crippen molar-refractivity contribution in [3.8, 4) is 0 Å². The number of carbonyl (C=O) groups excluding carboxylic acids is 1. The van der Waals surface area contributed by atoms with Gasteiger partial charge in [-0.3, -0.25) is 4.79 Å². The summed E-state index contributed by atoms with van der Waals surface area (Å²) >= 11 is 0. The molecule has 0 aliphatic carbocycles. The van der Waals surface area contributed by atoms with Crippen LogP contribution in [0.2, 0.25) is 0 Å². The zero-order valence-corrected chi connectivity index (χ0v) is 13.2. The van der Waals surface area contributed by atoms with Crippen LogP contribution < -0.4 is 14.9 Å². The maximum Gasteiger partial charge on any atom is 0.225 e. The van der Waals surface area contributed by atoms with Crippen molar-refractivity contribution < 1.29 is 17.9 Å². The topological polar surface area (TPSA) is 101 Å². The lowest BCUT2D eigenvalue weighted by Gasteiger charge is -2.27. The van der Waals surface area contributed by atoms with Crippen molar-refractivity contribution in [2.24, 2.45) is 0 Å². The summed E-state index contributed by atoms with van der Waals surface area (Å²) in [4.78, 5) is 18.1. The Bertz CT molecular complexity index is 597. The fourth-order valence-corrected chi connectivity index (χ4v) is 2.49. The average Bonchev–Trinajstić information content (AvgIpc) is 2.47. The highest BCUT2D eigenvalue weighted by molar-refractivity contribution is 7.88. The molecule has 2 N–H and O–H groups in total. The number of rotatable bonds is 6. The number of nitrogens with zero attached hydrogens (tertiary/aromatic N) is 2. The van der Waals surface area contributed by atoms with E-state index in [4.69, 9.17) is 4.74 Å². The Hall–Kier alpha value is -1.71. The van der Waals surface area contributed by atoms with Crippen molar-refractivity contribution in [1.82, 2.24) is 9.71 Å². The van der Waals surface area contributed by atoms with Crippen LogP contribution in [0, 0.1) is 0 Å². The molecule has 2 rings (SSSR count). The summed E-state index contributed by atoms with van der Waals surface area (Å²) < 4.78 is 29.3. The van der Waals surface area contributed by atoms with E-state index in [9.17, 15) is 13.2 Å². The van der Waals surface area contributed by atoms with Crippen molar-refractivity contribution in [1.29, 1.82) is 0 Å². The minimum absolute atomic E-state index is 0.0677. The molecule has 0 unspecified atom stereocenters. The Morgan fingerprint density at radius 1 is 1.36 bits per heavy atom. The third-order valence-corrected chi connectivity index (χ3v) is 3.81. The molecular formula is C13H20N4O4S. The van der Waals surface area contributed by atoms with Gasteiger partial charge in [0.15, 0.2) is 0 Å². The summed E-state index contributed by atoms with van der Waals surface area (Å²) in [7, 11) is -3.27. The summed E-state index contributed by atoms with van der Waals surface area (Å²) in [5.41, 5.74) is 0.585. The summed E-state index contributed by atoms with van der Waals surface area (Å²) in [6.07, 6.45) is 2.71. The van der Waals surface area contributed by atoms with Crippen LogP contribution in [0.5, 0.6) is 0 Å². The Morgan fingerprint density at radius 3 is 2.68 bits per heavy atom. The molecule has 22 heavy (non-hydrogen) atoms. The predicted octanol–water partition coefficient (Wildman–Crippen LogP) is -0.204. The van der Waals surface area contributed by atoms with Crippen LogP contribution in [0.3, 0.4) is 0 Å². The second-order valence-electron chi connectivity index (χ2n) is 4.97. The Labute approximate surface area is 129 Å². The minimum atomic E-state index is -3.27. The Morgan fingerprint density at radius 2 is 2.09 bits per heavy atom. The number of pyridine rings is 1. The largest absolute Gasteiger partial charge is 0.378 e. The van der Waals surface area contributed by atoms with E-state index in [0.717, 1.165) is 25.2 Å². The van der Waals surface area contributed by atoms with Crippen LogP contribution in [-0.2, 0) is 19.6 Å². The number of anilines is 2. The second-order valence-corrected chi connectivity index (χ2v) is 6.80. The van der Waals surface area contributed by atoms with Gasteiger partial charge < -0.3 is 15.0 Å². The van der Waals surface area contributed by atoms with Crippen LogP contribution in [0.4, 0.5) is 11.5 Å². The first-order valence-electron chi connectivity index (χ1n) is 6.97. The molecule has 0 aromatic carbocycles. The summed E-state index contributed by atoms with van der Waals surface area (Å²) in [5.74, 6) is 0.581. The second kappa shape index (κ2) is 7.52. The van der Waals surface area contributed by atoms with Gasteiger partial charge in [-0.25, -0.2) is 18.1 Å². The molecule has 122 valence electrons. The maximum absolute atomic E-state index is 11.7. The molecule has 1 amide bonds. The van der Waals surface area contributed by atoms with E-state index in [2.05, 4.69) is 19.9 Å². The van der Waals surface area contributed by atoms with E-state index in [1.54, 1.807) is 12.3 Å². The summed E-state index contributed by atoms with van der Waals surface area (Å²) in [5, 5.41) is 2.68. The first kappa shape index (κ1) is 16.7. The molecule has 0 atom stereocenters. The molecule has 9 heteroatoms. The number of ether oxygens (including phenoxy) is 1. The number of sulfonamides is 1. The van der Waals surface area contributed by atoms with Crippen molar-refractivity contribution in [2.75, 3.05) is 49.3 Å². The van der Waals surface area contributed by atoms with Gasteiger partial charge in [-0.05, 0) is 12.1 Å². The lowest BCUT2D eigenvalue weighted by atomic mass is 10.3. The Kier molecular flexibility index (Phi) is 5.69. The zero-order chi connectivity index (χ0) is 16.0. The predicted molar refractivity (Wildman–Crippen MR) is 83.4 cm³/mol. The van der Waals surface area contributed by atoms with Gasteiger partial charge in [0.2, 0.25) is 15.9 Å². The maximum atomic E-state index is 11.7. The summed E-state index contributed by atoms with van der Waals surface area (Å²) in [6.45, 7) is 3.05. The number of amides is 1. The molecule has 0 radical (unpaired) electrons. The van der Waals surface area contributed by atoms with Crippen LogP contribution in [0.15, 0.2) is 18.3 Å². The van der Waals surface area contributed by atoms with E-state index in [1.807, 2.05) is 6.07 Å². The molecule has 0 saturated carbocycles. The average molecular weight is 328 g/mol. The van der Waals surface area contributed by atoms with E-state index >= 15 is 0 Å². The number of hydrogen-bond donors (Lipinski definition) is 2. The van der Waals surface area contributed by atoms with Gasteiger partial charge in [0.05, 0.1) is 31.4 Å². The third-order valence-electron chi connectivity index (χ3n) is 3.08. The van der Waals surface area contributed by atoms with Gasteiger partial charge in [-0.1, -0.05) is 0 Å². The molecule has 1 aromatic rings. The first-order chi connectivity index (χ1) is 10.4. The smallest absolute Gasteiger partial charge is 0.225 e. The van der Waals surface area contributed by atoms with E-state index in [0.29, 0.717) is 18.9 Å². The SMILES string of the molecule is CS(=O)(=O)NCCC(=O)Nc1ccc(N2CCOCC2)nc1. The molecule has 2 heterocycles. The molecule has 8 nitrogen and oxygen atoms in total. The Balaban J connectivity index is 1.81. The van der Waals surface area contributed by atoms with Crippen molar-refractivity contribution in [3.63, 3.8) is 0 Å². The zero-order valence-electron chi connectivity index (χ0n) is 12.4. The quantitative estimate of drug-likeness (QED) is 0.750. The van der Waals surface area contributed by atoms with Crippen LogP contribution in [0.25, 0.3) is 0 Å². The molecule has 0 bridgehead atoms.